The highest BCUT2D eigenvalue weighted by Crippen LogP contribution is 2.31. The van der Waals surface area contributed by atoms with Crippen LogP contribution in [-0.4, -0.2) is 87.0 Å². The van der Waals surface area contributed by atoms with Crippen LogP contribution >= 0.6 is 12.6 Å². The SMILES string of the molecule is CC(=O)O.CC(=O)O.CC(=O)O.Nc1nc2c(ncn2[C@@H]2O[C@H](CS)[C@@H](O)[C@H]2O)c(=O)[nH]1. The van der Waals surface area contributed by atoms with Crippen LogP contribution in [-0.2, 0) is 19.1 Å². The van der Waals surface area contributed by atoms with Crippen molar-refractivity contribution in [3.8, 4) is 0 Å². The predicted molar refractivity (Wildman–Crippen MR) is 112 cm³/mol. The van der Waals surface area contributed by atoms with Crippen molar-refractivity contribution in [3.63, 3.8) is 0 Å². The van der Waals surface area contributed by atoms with Crippen molar-refractivity contribution in [1.82, 2.24) is 19.5 Å². The van der Waals surface area contributed by atoms with Crippen molar-refractivity contribution in [2.45, 2.75) is 45.3 Å². The van der Waals surface area contributed by atoms with Gasteiger partial charge in [0.25, 0.3) is 23.5 Å². The van der Waals surface area contributed by atoms with Crippen molar-refractivity contribution in [1.29, 1.82) is 0 Å². The van der Waals surface area contributed by atoms with Crippen molar-refractivity contribution in [3.05, 3.63) is 16.7 Å². The number of carbonyl (C=O) groups is 3. The molecule has 180 valence electrons. The molecule has 1 fully saturated rings. The minimum atomic E-state index is -1.17. The van der Waals surface area contributed by atoms with Gasteiger partial charge in [-0.1, -0.05) is 0 Å². The van der Waals surface area contributed by atoms with E-state index in [1.807, 2.05) is 0 Å². The zero-order valence-corrected chi connectivity index (χ0v) is 18.1. The molecule has 16 heteroatoms. The number of carboxylic acid groups (broad SMARTS) is 3. The van der Waals surface area contributed by atoms with Crippen LogP contribution in [0.1, 0.15) is 27.0 Å². The van der Waals surface area contributed by atoms with Crippen molar-refractivity contribution in [2.24, 2.45) is 0 Å². The number of aliphatic hydroxyl groups is 2. The number of fused-ring (bicyclic) bond motifs is 1. The number of hydrogen-bond acceptors (Lipinski definition) is 11. The number of aromatic nitrogens is 4. The van der Waals surface area contributed by atoms with Gasteiger partial charge in [-0.3, -0.25) is 28.7 Å². The summed E-state index contributed by atoms with van der Waals surface area (Å²) in [4.78, 5) is 48.9. The van der Waals surface area contributed by atoms with E-state index in [1.54, 1.807) is 0 Å². The number of rotatable bonds is 2. The Morgan fingerprint density at radius 3 is 2.00 bits per heavy atom. The number of H-pyrrole nitrogens is 1. The quantitative estimate of drug-likeness (QED) is 0.229. The summed E-state index contributed by atoms with van der Waals surface area (Å²) < 4.78 is 6.89. The van der Waals surface area contributed by atoms with Gasteiger partial charge in [0.15, 0.2) is 17.4 Å². The summed E-state index contributed by atoms with van der Waals surface area (Å²) in [5, 5.41) is 42.1. The minimum Gasteiger partial charge on any atom is -0.481 e. The first-order valence-corrected chi connectivity index (χ1v) is 9.29. The largest absolute Gasteiger partial charge is 0.481 e. The van der Waals surface area contributed by atoms with Crippen molar-refractivity contribution >= 4 is 47.6 Å². The Labute approximate surface area is 185 Å². The minimum absolute atomic E-state index is 0.0666. The highest BCUT2D eigenvalue weighted by molar-refractivity contribution is 7.80. The number of thiol groups is 1. The van der Waals surface area contributed by atoms with Gasteiger partial charge in [0.2, 0.25) is 5.95 Å². The summed E-state index contributed by atoms with van der Waals surface area (Å²) in [6, 6.07) is 0. The number of aromatic amines is 1. The number of imidazole rings is 1. The van der Waals surface area contributed by atoms with Gasteiger partial charge in [-0.25, -0.2) is 4.98 Å². The number of anilines is 1. The Kier molecular flexibility index (Phi) is 11.9. The maximum absolute atomic E-state index is 11.7. The summed E-state index contributed by atoms with van der Waals surface area (Å²) >= 11 is 4.05. The van der Waals surface area contributed by atoms with Crippen LogP contribution in [0, 0.1) is 0 Å². The molecule has 0 bridgehead atoms. The molecule has 8 N–H and O–H groups in total. The fraction of sp³-hybridized carbons (Fsp3) is 0.500. The smallest absolute Gasteiger partial charge is 0.300 e. The zero-order valence-electron chi connectivity index (χ0n) is 17.2. The molecule has 0 spiro atoms. The van der Waals surface area contributed by atoms with Crippen LogP contribution in [0.5, 0.6) is 0 Å². The van der Waals surface area contributed by atoms with Gasteiger partial charge in [0, 0.05) is 26.5 Å². The maximum atomic E-state index is 11.7. The molecule has 0 amide bonds. The molecule has 4 atom stereocenters. The number of hydrogen-bond donors (Lipinski definition) is 8. The summed E-state index contributed by atoms with van der Waals surface area (Å²) in [5.74, 6) is -2.32. The van der Waals surface area contributed by atoms with Crippen LogP contribution < -0.4 is 11.3 Å². The predicted octanol–water partition coefficient (Wildman–Crippen LogP) is -1.48. The lowest BCUT2D eigenvalue weighted by Gasteiger charge is -2.16. The molecular formula is C16H25N5O10S. The lowest BCUT2D eigenvalue weighted by atomic mass is 10.1. The van der Waals surface area contributed by atoms with Gasteiger partial charge in [-0.05, 0) is 0 Å². The number of carboxylic acids is 3. The fourth-order valence-electron chi connectivity index (χ4n) is 2.24. The second-order valence-electron chi connectivity index (χ2n) is 6.06. The molecule has 2 aromatic heterocycles. The number of nitrogen functional groups attached to an aromatic ring is 1. The molecule has 0 aliphatic carbocycles. The van der Waals surface area contributed by atoms with E-state index < -0.39 is 48.0 Å². The molecule has 0 saturated carbocycles. The molecule has 32 heavy (non-hydrogen) atoms. The summed E-state index contributed by atoms with van der Waals surface area (Å²) in [6.45, 7) is 3.25. The average Bonchev–Trinajstić information content (AvgIpc) is 3.15. The molecule has 3 rings (SSSR count). The zero-order chi connectivity index (χ0) is 25.2. The fourth-order valence-corrected chi connectivity index (χ4v) is 2.54. The molecule has 1 saturated heterocycles. The molecule has 0 aromatic carbocycles. The number of ether oxygens (including phenoxy) is 1. The van der Waals surface area contributed by atoms with Crippen LogP contribution in [0.3, 0.4) is 0 Å². The van der Waals surface area contributed by atoms with Crippen molar-refractivity contribution < 1.29 is 44.7 Å². The topological polar surface area (TPSA) is 251 Å². The maximum Gasteiger partial charge on any atom is 0.300 e. The van der Waals surface area contributed by atoms with E-state index >= 15 is 0 Å². The van der Waals surface area contributed by atoms with E-state index in [2.05, 4.69) is 27.6 Å². The van der Waals surface area contributed by atoms with E-state index in [0.717, 1.165) is 20.8 Å². The Morgan fingerprint density at radius 2 is 1.59 bits per heavy atom. The van der Waals surface area contributed by atoms with Gasteiger partial charge in [0.05, 0.1) is 12.4 Å². The van der Waals surface area contributed by atoms with Crippen LogP contribution in [0.25, 0.3) is 11.2 Å². The van der Waals surface area contributed by atoms with Crippen LogP contribution in [0.2, 0.25) is 0 Å². The normalized spacial score (nSPS) is 21.2. The highest BCUT2D eigenvalue weighted by Gasteiger charge is 2.43. The van der Waals surface area contributed by atoms with Gasteiger partial charge >= 0.3 is 0 Å². The Hall–Kier alpha value is -3.21. The van der Waals surface area contributed by atoms with Gasteiger partial charge in [0.1, 0.15) is 12.2 Å². The second-order valence-corrected chi connectivity index (χ2v) is 6.43. The first-order chi connectivity index (χ1) is 14.7. The van der Waals surface area contributed by atoms with Crippen molar-refractivity contribution in [2.75, 3.05) is 11.5 Å². The first kappa shape index (κ1) is 28.8. The average molecular weight is 479 g/mol. The number of aliphatic carboxylic acids is 3. The Morgan fingerprint density at radius 1 is 1.12 bits per heavy atom. The van der Waals surface area contributed by atoms with Crippen LogP contribution in [0.15, 0.2) is 11.1 Å². The standard InChI is InChI=1S/C10H13N5O4S.3C2H4O2/c11-10-13-7-4(8(18)14-10)12-2-15(7)9-6(17)5(16)3(1-20)19-9;3*1-2(3)4/h2-3,5-6,9,16-17,20H,1H2,(H3,11,13,14,18);3*1H3,(H,3,4)/t3-,5-,6-,9-;;;/m1.../s1. The number of aliphatic hydroxyl groups excluding tert-OH is 2. The summed E-state index contributed by atoms with van der Waals surface area (Å²) in [5.41, 5.74) is 5.28. The Balaban J connectivity index is 0.000000668. The van der Waals surface area contributed by atoms with E-state index in [4.69, 9.17) is 40.2 Å². The molecule has 2 aromatic rings. The molecular weight excluding hydrogens is 454 g/mol. The third-order valence-corrected chi connectivity index (χ3v) is 3.60. The van der Waals surface area contributed by atoms with Gasteiger partial charge in [-0.2, -0.15) is 17.6 Å². The van der Waals surface area contributed by atoms with E-state index in [0.29, 0.717) is 0 Å². The molecule has 0 radical (unpaired) electrons. The number of nitrogens with two attached hydrogens (primary N) is 1. The third-order valence-electron chi connectivity index (χ3n) is 3.24. The van der Waals surface area contributed by atoms with Gasteiger partial charge in [-0.15, -0.1) is 0 Å². The highest BCUT2D eigenvalue weighted by atomic mass is 32.1. The summed E-state index contributed by atoms with van der Waals surface area (Å²) in [7, 11) is 0. The molecule has 3 heterocycles. The van der Waals surface area contributed by atoms with E-state index in [9.17, 15) is 15.0 Å². The van der Waals surface area contributed by atoms with E-state index in [1.165, 1.54) is 10.9 Å². The van der Waals surface area contributed by atoms with Gasteiger partial charge < -0.3 is 36.0 Å². The molecule has 1 aliphatic rings. The molecule has 15 nitrogen and oxygen atoms in total. The third kappa shape index (κ3) is 9.29. The number of nitrogens with zero attached hydrogens (tertiary/aromatic N) is 3. The number of nitrogens with one attached hydrogen (secondary N) is 1. The van der Waals surface area contributed by atoms with Crippen LogP contribution in [0.4, 0.5) is 5.95 Å². The second kappa shape index (κ2) is 13.3. The monoisotopic (exact) mass is 479 g/mol. The first-order valence-electron chi connectivity index (χ1n) is 8.66. The Bertz CT molecular complexity index is 937. The molecule has 0 unspecified atom stereocenters. The lowest BCUT2D eigenvalue weighted by Crippen LogP contribution is -2.32. The van der Waals surface area contributed by atoms with E-state index in [-0.39, 0.29) is 22.9 Å². The summed E-state index contributed by atoms with van der Waals surface area (Å²) in [6.07, 6.45) is -2.45. The molecule has 1 aliphatic heterocycles. The lowest BCUT2D eigenvalue weighted by molar-refractivity contribution is -0.135.